The van der Waals surface area contributed by atoms with E-state index in [0.717, 1.165) is 35.8 Å². The van der Waals surface area contributed by atoms with Crippen molar-refractivity contribution in [2.75, 3.05) is 43.0 Å². The molecule has 2 N–H and O–H groups in total. The quantitative estimate of drug-likeness (QED) is 0.733. The van der Waals surface area contributed by atoms with Crippen molar-refractivity contribution in [3.63, 3.8) is 0 Å². The van der Waals surface area contributed by atoms with Crippen LogP contribution in [-0.2, 0) is 11.3 Å². The SMILES string of the molecule is CCOc1ccccc1N1CCN(C(=O)NCc2ccc(NC(=O)CC)cc2)CC1. The highest BCUT2D eigenvalue weighted by Crippen LogP contribution is 2.28. The summed E-state index contributed by atoms with van der Waals surface area (Å²) in [5.41, 5.74) is 2.83. The largest absolute Gasteiger partial charge is 0.492 e. The number of ether oxygens (including phenoxy) is 1. The molecule has 1 aliphatic heterocycles. The Hall–Kier alpha value is -3.22. The highest BCUT2D eigenvalue weighted by molar-refractivity contribution is 5.90. The summed E-state index contributed by atoms with van der Waals surface area (Å²) in [6, 6.07) is 15.5. The molecule has 0 atom stereocenters. The maximum Gasteiger partial charge on any atom is 0.317 e. The standard InChI is InChI=1S/C23H30N4O3/c1-3-22(28)25-19-11-9-18(10-12-19)17-24-23(29)27-15-13-26(14-16-27)20-7-5-6-8-21(20)30-4-2/h5-12H,3-4,13-17H2,1-2H3,(H,24,29)(H,25,28). The Bertz CT molecular complexity index is 846. The van der Waals surface area contributed by atoms with E-state index >= 15 is 0 Å². The number of anilines is 2. The summed E-state index contributed by atoms with van der Waals surface area (Å²) < 4.78 is 5.73. The van der Waals surface area contributed by atoms with Crippen LogP contribution in [0.3, 0.4) is 0 Å². The van der Waals surface area contributed by atoms with Crippen molar-refractivity contribution in [1.29, 1.82) is 0 Å². The van der Waals surface area contributed by atoms with Gasteiger partial charge in [0.1, 0.15) is 5.75 Å². The molecule has 7 heteroatoms. The van der Waals surface area contributed by atoms with Crippen LogP contribution >= 0.6 is 0 Å². The molecule has 0 saturated carbocycles. The molecule has 0 bridgehead atoms. The van der Waals surface area contributed by atoms with Gasteiger partial charge in [0.2, 0.25) is 5.91 Å². The maximum atomic E-state index is 12.5. The van der Waals surface area contributed by atoms with Gasteiger partial charge in [-0.3, -0.25) is 4.79 Å². The number of rotatable bonds is 7. The van der Waals surface area contributed by atoms with Gasteiger partial charge in [-0.1, -0.05) is 31.2 Å². The van der Waals surface area contributed by atoms with Gasteiger partial charge in [-0.05, 0) is 36.8 Å². The summed E-state index contributed by atoms with van der Waals surface area (Å²) in [4.78, 5) is 28.1. The predicted octanol–water partition coefficient (Wildman–Crippen LogP) is 3.47. The molecule has 1 saturated heterocycles. The second kappa shape index (κ2) is 10.5. The van der Waals surface area contributed by atoms with Crippen LogP contribution in [0.1, 0.15) is 25.8 Å². The first kappa shape index (κ1) is 21.5. The van der Waals surface area contributed by atoms with Crippen LogP contribution in [0.2, 0.25) is 0 Å². The van der Waals surface area contributed by atoms with Gasteiger partial charge in [-0.15, -0.1) is 0 Å². The summed E-state index contributed by atoms with van der Waals surface area (Å²) in [5.74, 6) is 0.871. The minimum atomic E-state index is -0.0592. The molecule has 0 unspecified atom stereocenters. The van der Waals surface area contributed by atoms with E-state index in [1.165, 1.54) is 0 Å². The molecule has 7 nitrogen and oxygen atoms in total. The molecule has 0 aromatic heterocycles. The molecule has 30 heavy (non-hydrogen) atoms. The Morgan fingerprint density at radius 1 is 0.967 bits per heavy atom. The van der Waals surface area contributed by atoms with Crippen LogP contribution in [-0.4, -0.2) is 49.6 Å². The van der Waals surface area contributed by atoms with Gasteiger partial charge in [0, 0.05) is 44.8 Å². The Morgan fingerprint density at radius 3 is 2.33 bits per heavy atom. The minimum Gasteiger partial charge on any atom is -0.492 e. The fourth-order valence-corrected chi connectivity index (χ4v) is 3.39. The first-order valence-corrected chi connectivity index (χ1v) is 10.5. The number of nitrogens with one attached hydrogen (secondary N) is 2. The molecule has 1 fully saturated rings. The second-order valence-electron chi connectivity index (χ2n) is 7.13. The fraction of sp³-hybridized carbons (Fsp3) is 0.391. The van der Waals surface area contributed by atoms with Gasteiger partial charge in [-0.25, -0.2) is 4.79 Å². The number of urea groups is 1. The number of amides is 3. The third-order valence-electron chi connectivity index (χ3n) is 5.08. The van der Waals surface area contributed by atoms with Crippen molar-refractivity contribution < 1.29 is 14.3 Å². The monoisotopic (exact) mass is 410 g/mol. The second-order valence-corrected chi connectivity index (χ2v) is 7.13. The van der Waals surface area contributed by atoms with Gasteiger partial charge < -0.3 is 25.2 Å². The third-order valence-corrected chi connectivity index (χ3v) is 5.08. The first-order valence-electron chi connectivity index (χ1n) is 10.5. The van der Waals surface area contributed by atoms with E-state index in [2.05, 4.69) is 21.6 Å². The van der Waals surface area contributed by atoms with Crippen molar-refractivity contribution in [2.45, 2.75) is 26.8 Å². The van der Waals surface area contributed by atoms with Crippen molar-refractivity contribution >= 4 is 23.3 Å². The highest BCUT2D eigenvalue weighted by atomic mass is 16.5. The molecule has 0 aliphatic carbocycles. The van der Waals surface area contributed by atoms with E-state index in [-0.39, 0.29) is 11.9 Å². The summed E-state index contributed by atoms with van der Waals surface area (Å²) in [5, 5.41) is 5.80. The summed E-state index contributed by atoms with van der Waals surface area (Å²) in [6.45, 7) is 7.74. The zero-order valence-electron chi connectivity index (χ0n) is 17.7. The van der Waals surface area contributed by atoms with Crippen molar-refractivity contribution in [2.24, 2.45) is 0 Å². The molecular weight excluding hydrogens is 380 g/mol. The van der Waals surface area contributed by atoms with Crippen molar-refractivity contribution in [3.8, 4) is 5.75 Å². The summed E-state index contributed by atoms with van der Waals surface area (Å²) in [7, 11) is 0. The summed E-state index contributed by atoms with van der Waals surface area (Å²) in [6.07, 6.45) is 0.447. The zero-order chi connectivity index (χ0) is 21.3. The number of carbonyl (C=O) groups is 2. The molecule has 0 spiro atoms. The molecule has 160 valence electrons. The van der Waals surface area contributed by atoms with Gasteiger partial charge in [-0.2, -0.15) is 0 Å². The highest BCUT2D eigenvalue weighted by Gasteiger charge is 2.22. The molecule has 1 heterocycles. The lowest BCUT2D eigenvalue weighted by Gasteiger charge is -2.36. The van der Waals surface area contributed by atoms with Gasteiger partial charge in [0.15, 0.2) is 0 Å². The maximum absolute atomic E-state index is 12.5. The Kier molecular flexibility index (Phi) is 7.54. The van der Waals surface area contributed by atoms with Crippen molar-refractivity contribution in [3.05, 3.63) is 54.1 Å². The van der Waals surface area contributed by atoms with E-state index < -0.39 is 0 Å². The number of hydrogen-bond acceptors (Lipinski definition) is 4. The van der Waals surface area contributed by atoms with Crippen LogP contribution < -0.4 is 20.3 Å². The molecule has 2 aromatic carbocycles. The Morgan fingerprint density at radius 2 is 1.67 bits per heavy atom. The molecule has 3 rings (SSSR count). The van der Waals surface area contributed by atoms with Crippen LogP contribution in [0.15, 0.2) is 48.5 Å². The number of carbonyl (C=O) groups excluding carboxylic acids is 2. The molecule has 0 radical (unpaired) electrons. The van der Waals surface area contributed by atoms with Gasteiger partial charge in [0.05, 0.1) is 12.3 Å². The fourth-order valence-electron chi connectivity index (χ4n) is 3.39. The van der Waals surface area contributed by atoms with E-state index in [0.29, 0.717) is 32.7 Å². The molecule has 2 aromatic rings. The lowest BCUT2D eigenvalue weighted by atomic mass is 10.2. The Balaban J connectivity index is 1.47. The predicted molar refractivity (Wildman–Crippen MR) is 119 cm³/mol. The van der Waals surface area contributed by atoms with Crippen molar-refractivity contribution in [1.82, 2.24) is 10.2 Å². The van der Waals surface area contributed by atoms with E-state index in [4.69, 9.17) is 4.74 Å². The zero-order valence-corrected chi connectivity index (χ0v) is 17.7. The van der Waals surface area contributed by atoms with Crippen LogP contribution in [0.25, 0.3) is 0 Å². The topological polar surface area (TPSA) is 73.9 Å². The van der Waals surface area contributed by atoms with E-state index in [1.807, 2.05) is 61.2 Å². The summed E-state index contributed by atoms with van der Waals surface area (Å²) >= 11 is 0. The normalized spacial score (nSPS) is 13.7. The number of hydrogen-bond donors (Lipinski definition) is 2. The van der Waals surface area contributed by atoms with Gasteiger partial charge >= 0.3 is 6.03 Å². The van der Waals surface area contributed by atoms with E-state index in [9.17, 15) is 9.59 Å². The molecule has 1 aliphatic rings. The van der Waals surface area contributed by atoms with Crippen LogP contribution in [0.4, 0.5) is 16.2 Å². The minimum absolute atomic E-state index is 0.0147. The Labute approximate surface area is 178 Å². The lowest BCUT2D eigenvalue weighted by molar-refractivity contribution is -0.115. The lowest BCUT2D eigenvalue weighted by Crippen LogP contribution is -2.51. The number of piperazine rings is 1. The smallest absolute Gasteiger partial charge is 0.317 e. The van der Waals surface area contributed by atoms with E-state index in [1.54, 1.807) is 0 Å². The number of benzene rings is 2. The molecular formula is C23H30N4O3. The van der Waals surface area contributed by atoms with Crippen LogP contribution in [0, 0.1) is 0 Å². The average Bonchev–Trinajstić information content (AvgIpc) is 2.79. The average molecular weight is 411 g/mol. The molecule has 3 amide bonds. The third kappa shape index (κ3) is 5.65. The number of para-hydroxylation sites is 2. The number of nitrogens with zero attached hydrogens (tertiary/aromatic N) is 2. The van der Waals surface area contributed by atoms with Gasteiger partial charge in [0.25, 0.3) is 0 Å². The first-order chi connectivity index (χ1) is 14.6. The van der Waals surface area contributed by atoms with Crippen LogP contribution in [0.5, 0.6) is 5.75 Å².